The molecule has 0 saturated carbocycles. The van der Waals surface area contributed by atoms with Crippen LogP contribution in [0.2, 0.25) is 0 Å². The third kappa shape index (κ3) is 6.48. The van der Waals surface area contributed by atoms with Gasteiger partial charge in [-0.25, -0.2) is 0 Å². The predicted octanol–water partition coefficient (Wildman–Crippen LogP) is 3.72. The molecule has 0 aromatic heterocycles. The predicted molar refractivity (Wildman–Crippen MR) is 120 cm³/mol. The molecule has 1 aliphatic rings. The summed E-state index contributed by atoms with van der Waals surface area (Å²) in [5.74, 6) is 1.30. The van der Waals surface area contributed by atoms with Crippen molar-refractivity contribution in [2.75, 3.05) is 19.8 Å². The summed E-state index contributed by atoms with van der Waals surface area (Å²) < 4.78 is 11.2. The van der Waals surface area contributed by atoms with Crippen molar-refractivity contribution < 1.29 is 19.1 Å². The fourth-order valence-electron chi connectivity index (χ4n) is 3.54. The molecular weight excluding hydrogens is 392 g/mol. The summed E-state index contributed by atoms with van der Waals surface area (Å²) >= 11 is 0. The van der Waals surface area contributed by atoms with Crippen molar-refractivity contribution in [2.24, 2.45) is 0 Å². The third-order valence-electron chi connectivity index (χ3n) is 5.43. The molecule has 0 unspecified atom stereocenters. The molecule has 166 valence electrons. The molecule has 6 nitrogen and oxygen atoms in total. The van der Waals surface area contributed by atoms with Gasteiger partial charge >= 0.3 is 0 Å². The number of amides is 2. The Kier molecular flexibility index (Phi) is 8.33. The van der Waals surface area contributed by atoms with Gasteiger partial charge in [-0.05, 0) is 43.0 Å². The zero-order valence-corrected chi connectivity index (χ0v) is 18.4. The fraction of sp³-hybridized carbons (Fsp3) is 0.440. The Morgan fingerprint density at radius 1 is 1.03 bits per heavy atom. The number of carbonyl (C=O) groups excluding carboxylic acids is 2. The van der Waals surface area contributed by atoms with E-state index < -0.39 is 6.04 Å². The van der Waals surface area contributed by atoms with Crippen LogP contribution >= 0.6 is 0 Å². The first-order chi connectivity index (χ1) is 15.1. The summed E-state index contributed by atoms with van der Waals surface area (Å²) in [6.45, 7) is 6.00. The fourth-order valence-corrected chi connectivity index (χ4v) is 3.54. The smallest absolute Gasteiger partial charge is 0.242 e. The van der Waals surface area contributed by atoms with Gasteiger partial charge < -0.3 is 19.7 Å². The summed E-state index contributed by atoms with van der Waals surface area (Å²) in [7, 11) is 0. The van der Waals surface area contributed by atoms with Gasteiger partial charge in [-0.1, -0.05) is 49.7 Å². The molecule has 2 aromatic carbocycles. The highest BCUT2D eigenvalue weighted by Gasteiger charge is 2.25. The first-order valence-electron chi connectivity index (χ1n) is 11.1. The van der Waals surface area contributed by atoms with Crippen LogP contribution in [0.25, 0.3) is 0 Å². The highest BCUT2D eigenvalue weighted by atomic mass is 16.6. The largest absolute Gasteiger partial charge is 0.486 e. The molecule has 0 aliphatic carbocycles. The van der Waals surface area contributed by atoms with E-state index in [1.165, 1.54) is 0 Å². The summed E-state index contributed by atoms with van der Waals surface area (Å²) in [5, 5.41) is 2.95. The lowest BCUT2D eigenvalue weighted by Crippen LogP contribution is -2.47. The number of carbonyl (C=O) groups is 2. The van der Waals surface area contributed by atoms with E-state index in [1.54, 1.807) is 11.8 Å². The summed E-state index contributed by atoms with van der Waals surface area (Å²) in [6.07, 6.45) is 2.83. The minimum atomic E-state index is -0.537. The number of unbranched alkanes of at least 4 members (excludes halogenated alkanes) is 1. The Morgan fingerprint density at radius 3 is 2.52 bits per heavy atom. The van der Waals surface area contributed by atoms with Gasteiger partial charge in [0.2, 0.25) is 11.8 Å². The van der Waals surface area contributed by atoms with Crippen LogP contribution in [-0.2, 0) is 22.6 Å². The van der Waals surface area contributed by atoms with Gasteiger partial charge in [-0.2, -0.15) is 0 Å². The van der Waals surface area contributed by atoms with Gasteiger partial charge in [0, 0.05) is 19.5 Å². The molecule has 1 N–H and O–H groups in total. The van der Waals surface area contributed by atoms with Crippen LogP contribution in [0.3, 0.4) is 0 Å². The molecule has 1 atom stereocenters. The molecule has 0 bridgehead atoms. The van der Waals surface area contributed by atoms with Crippen LogP contribution in [-0.4, -0.2) is 42.5 Å². The average molecular weight is 425 g/mol. The number of nitrogens with one attached hydrogen (secondary N) is 1. The van der Waals surface area contributed by atoms with Crippen LogP contribution in [0.15, 0.2) is 48.5 Å². The van der Waals surface area contributed by atoms with Crippen LogP contribution in [0, 0.1) is 0 Å². The number of fused-ring (bicyclic) bond motifs is 1. The minimum Gasteiger partial charge on any atom is -0.486 e. The van der Waals surface area contributed by atoms with E-state index in [0.29, 0.717) is 39.1 Å². The number of ether oxygens (including phenoxy) is 2. The lowest BCUT2D eigenvalue weighted by atomic mass is 10.1. The number of benzene rings is 2. The first kappa shape index (κ1) is 22.7. The number of hydrogen-bond acceptors (Lipinski definition) is 4. The van der Waals surface area contributed by atoms with Crippen LogP contribution in [0.4, 0.5) is 0 Å². The van der Waals surface area contributed by atoms with Crippen molar-refractivity contribution >= 4 is 11.8 Å². The lowest BCUT2D eigenvalue weighted by Gasteiger charge is -2.29. The zero-order valence-electron chi connectivity index (χ0n) is 18.4. The van der Waals surface area contributed by atoms with Crippen LogP contribution < -0.4 is 14.8 Å². The highest BCUT2D eigenvalue weighted by molar-refractivity contribution is 5.87. The Bertz CT molecular complexity index is 869. The highest BCUT2D eigenvalue weighted by Crippen LogP contribution is 2.31. The standard InChI is InChI=1S/C25H32N2O4/c1-3-4-14-26-25(29)19(2)27(18-21-8-6-5-7-9-21)24(28)13-11-20-10-12-22-23(17-20)31-16-15-30-22/h5-10,12,17,19H,3-4,11,13-16,18H2,1-2H3,(H,26,29)/t19-/m1/s1. The van der Waals surface area contributed by atoms with E-state index >= 15 is 0 Å². The van der Waals surface area contributed by atoms with Crippen molar-refractivity contribution in [3.8, 4) is 11.5 Å². The second-order valence-electron chi connectivity index (χ2n) is 7.81. The molecule has 2 aromatic rings. The second kappa shape index (κ2) is 11.4. The Hall–Kier alpha value is -3.02. The molecule has 0 radical (unpaired) electrons. The van der Waals surface area contributed by atoms with Crippen molar-refractivity contribution in [2.45, 2.75) is 52.1 Å². The SMILES string of the molecule is CCCCNC(=O)[C@@H](C)N(Cc1ccccc1)C(=O)CCc1ccc2c(c1)OCCO2. The van der Waals surface area contributed by atoms with E-state index in [2.05, 4.69) is 12.2 Å². The maximum absolute atomic E-state index is 13.2. The molecule has 0 saturated heterocycles. The van der Waals surface area contributed by atoms with Crippen molar-refractivity contribution in [3.05, 3.63) is 59.7 Å². The van der Waals surface area contributed by atoms with Gasteiger partial charge in [0.15, 0.2) is 11.5 Å². The maximum atomic E-state index is 13.2. The molecule has 1 heterocycles. The monoisotopic (exact) mass is 424 g/mol. The molecule has 31 heavy (non-hydrogen) atoms. The quantitative estimate of drug-likeness (QED) is 0.590. The van der Waals surface area contributed by atoms with Gasteiger partial charge in [0.05, 0.1) is 0 Å². The number of hydrogen-bond donors (Lipinski definition) is 1. The minimum absolute atomic E-state index is 0.0446. The number of aryl methyl sites for hydroxylation is 1. The molecule has 0 fully saturated rings. The van der Waals surface area contributed by atoms with E-state index in [4.69, 9.17) is 9.47 Å². The molecule has 3 rings (SSSR count). The zero-order chi connectivity index (χ0) is 22.1. The Morgan fingerprint density at radius 2 is 1.77 bits per heavy atom. The second-order valence-corrected chi connectivity index (χ2v) is 7.81. The average Bonchev–Trinajstić information content (AvgIpc) is 2.81. The molecule has 0 spiro atoms. The van der Waals surface area contributed by atoms with E-state index in [9.17, 15) is 9.59 Å². The van der Waals surface area contributed by atoms with Crippen LogP contribution in [0.5, 0.6) is 11.5 Å². The van der Waals surface area contributed by atoms with Crippen molar-refractivity contribution in [1.82, 2.24) is 10.2 Å². The Balaban J connectivity index is 1.67. The molecule has 2 amide bonds. The van der Waals surface area contributed by atoms with E-state index in [-0.39, 0.29) is 11.8 Å². The summed E-state index contributed by atoms with van der Waals surface area (Å²) in [5.41, 5.74) is 2.01. The molecule has 6 heteroatoms. The normalized spacial score (nSPS) is 13.4. The van der Waals surface area contributed by atoms with Crippen molar-refractivity contribution in [3.63, 3.8) is 0 Å². The van der Waals surface area contributed by atoms with Gasteiger partial charge in [0.25, 0.3) is 0 Å². The van der Waals surface area contributed by atoms with Gasteiger partial charge in [-0.15, -0.1) is 0 Å². The third-order valence-corrected chi connectivity index (χ3v) is 5.43. The van der Waals surface area contributed by atoms with Crippen LogP contribution in [0.1, 0.15) is 44.2 Å². The summed E-state index contributed by atoms with van der Waals surface area (Å²) in [6, 6.07) is 15.0. The van der Waals surface area contributed by atoms with E-state index in [0.717, 1.165) is 35.5 Å². The number of rotatable bonds is 10. The first-order valence-corrected chi connectivity index (χ1v) is 11.1. The Labute approximate surface area is 184 Å². The maximum Gasteiger partial charge on any atom is 0.242 e. The van der Waals surface area contributed by atoms with E-state index in [1.807, 2.05) is 48.5 Å². The number of nitrogens with zero attached hydrogens (tertiary/aromatic N) is 1. The topological polar surface area (TPSA) is 67.9 Å². The van der Waals surface area contributed by atoms with Gasteiger partial charge in [0.1, 0.15) is 19.3 Å². The van der Waals surface area contributed by atoms with Crippen molar-refractivity contribution in [1.29, 1.82) is 0 Å². The molecule has 1 aliphatic heterocycles. The molecular formula is C25H32N2O4. The van der Waals surface area contributed by atoms with Gasteiger partial charge in [-0.3, -0.25) is 9.59 Å². The summed E-state index contributed by atoms with van der Waals surface area (Å²) in [4.78, 5) is 27.5. The lowest BCUT2D eigenvalue weighted by molar-refractivity contribution is -0.140.